The Balaban J connectivity index is 1.83. The average molecular weight is 450 g/mol. The molecule has 9 nitrogen and oxygen atoms in total. The Morgan fingerprint density at radius 2 is 1.76 bits per heavy atom. The number of carbonyl (C=O) groups is 1. The van der Waals surface area contributed by atoms with Gasteiger partial charge in [-0.3, -0.25) is 14.2 Å². The van der Waals surface area contributed by atoms with Gasteiger partial charge < -0.3 is 14.8 Å². The molecular weight excluding hydrogens is 424 g/mol. The van der Waals surface area contributed by atoms with Crippen molar-refractivity contribution in [2.45, 2.75) is 26.3 Å². The van der Waals surface area contributed by atoms with Gasteiger partial charge in [0, 0.05) is 12.6 Å². The number of benzene rings is 2. The van der Waals surface area contributed by atoms with Crippen LogP contribution in [0.15, 0.2) is 52.1 Å². The first kappa shape index (κ1) is 22.3. The molecule has 0 radical (unpaired) electrons. The van der Waals surface area contributed by atoms with Crippen molar-refractivity contribution >= 4 is 5.91 Å². The lowest BCUT2D eigenvalue weighted by atomic mass is 10.1. The van der Waals surface area contributed by atoms with Crippen LogP contribution in [0.3, 0.4) is 0 Å². The predicted octanol–water partition coefficient (Wildman–Crippen LogP) is 1.91. The molecule has 0 atom stereocenters. The van der Waals surface area contributed by atoms with Crippen molar-refractivity contribution in [2.75, 3.05) is 20.8 Å². The van der Waals surface area contributed by atoms with Crippen LogP contribution in [0.2, 0.25) is 0 Å². The van der Waals surface area contributed by atoms with E-state index in [1.807, 2.05) is 31.2 Å². The summed E-state index contributed by atoms with van der Waals surface area (Å²) in [5.74, 6) is 0.698. The highest BCUT2D eigenvalue weighted by molar-refractivity contribution is 5.91. The second kappa shape index (κ2) is 9.32. The minimum Gasteiger partial charge on any atom is -0.493 e. The van der Waals surface area contributed by atoms with Crippen LogP contribution in [0.5, 0.6) is 11.5 Å². The predicted molar refractivity (Wildman–Crippen MR) is 123 cm³/mol. The Hall–Kier alpha value is -3.88. The van der Waals surface area contributed by atoms with Crippen LogP contribution < -0.4 is 26.0 Å². The van der Waals surface area contributed by atoms with Crippen LogP contribution >= 0.6 is 0 Å². The van der Waals surface area contributed by atoms with E-state index in [-0.39, 0.29) is 12.2 Å². The summed E-state index contributed by atoms with van der Waals surface area (Å²) in [6.45, 7) is 2.44. The summed E-state index contributed by atoms with van der Waals surface area (Å²) in [4.78, 5) is 39.3. The Morgan fingerprint density at radius 3 is 2.39 bits per heavy atom. The highest BCUT2D eigenvalue weighted by Gasteiger charge is 2.25. The molecule has 1 aliphatic carbocycles. The van der Waals surface area contributed by atoms with Gasteiger partial charge in [-0.25, -0.2) is 4.79 Å². The second-order valence-corrected chi connectivity index (χ2v) is 8.11. The van der Waals surface area contributed by atoms with E-state index in [0.29, 0.717) is 29.6 Å². The minimum absolute atomic E-state index is 0.0106. The van der Waals surface area contributed by atoms with Crippen molar-refractivity contribution in [1.29, 1.82) is 0 Å². The summed E-state index contributed by atoms with van der Waals surface area (Å²) in [5, 5.41) is 6.91. The van der Waals surface area contributed by atoms with Crippen LogP contribution in [0, 0.1) is 12.8 Å². The van der Waals surface area contributed by atoms with Gasteiger partial charge in [0.1, 0.15) is 0 Å². The molecule has 1 heterocycles. The number of hydrogen-bond acceptors (Lipinski definition) is 6. The molecule has 1 amide bonds. The molecule has 9 heteroatoms. The molecule has 1 aliphatic rings. The van der Waals surface area contributed by atoms with Crippen molar-refractivity contribution in [3.8, 4) is 17.2 Å². The summed E-state index contributed by atoms with van der Waals surface area (Å²) < 4.78 is 12.7. The molecule has 0 aliphatic heterocycles. The topological polar surface area (TPSA) is 104 Å². The Morgan fingerprint density at radius 1 is 1.06 bits per heavy atom. The SMILES string of the molecule is COc1ccc(-n2nc(C(=O)NCC3CC3)c(=O)n(Cc3ccc(C)cc3)c2=O)cc1OC. The van der Waals surface area contributed by atoms with E-state index in [4.69, 9.17) is 9.47 Å². The highest BCUT2D eigenvalue weighted by atomic mass is 16.5. The summed E-state index contributed by atoms with van der Waals surface area (Å²) in [5.41, 5.74) is 0.429. The van der Waals surface area contributed by atoms with Gasteiger partial charge in [-0.2, -0.15) is 9.78 Å². The molecular formula is C24H26N4O5. The lowest BCUT2D eigenvalue weighted by molar-refractivity contribution is 0.0942. The molecule has 0 spiro atoms. The lowest BCUT2D eigenvalue weighted by Gasteiger charge is -2.14. The van der Waals surface area contributed by atoms with Gasteiger partial charge >= 0.3 is 5.69 Å². The lowest BCUT2D eigenvalue weighted by Crippen LogP contribution is -2.46. The molecule has 4 rings (SSSR count). The van der Waals surface area contributed by atoms with Gasteiger partial charge in [-0.05, 0) is 43.4 Å². The fourth-order valence-electron chi connectivity index (χ4n) is 3.44. The second-order valence-electron chi connectivity index (χ2n) is 8.11. The maximum absolute atomic E-state index is 13.3. The molecule has 1 saturated carbocycles. The standard InChI is InChI=1S/C24H26N4O5/c1-15-4-6-17(7-5-15)14-27-23(30)21(22(29)25-13-16-8-9-16)26-28(24(27)31)18-10-11-19(32-2)20(12-18)33-3/h4-7,10-12,16H,8-9,13-14H2,1-3H3,(H,25,29). The molecule has 1 aromatic heterocycles. The van der Waals surface area contributed by atoms with Crippen molar-refractivity contribution in [3.05, 3.63) is 80.1 Å². The molecule has 0 unspecified atom stereocenters. The number of nitrogens with one attached hydrogen (secondary N) is 1. The summed E-state index contributed by atoms with van der Waals surface area (Å²) in [6, 6.07) is 12.3. The van der Waals surface area contributed by atoms with Gasteiger partial charge in [-0.1, -0.05) is 29.8 Å². The smallest absolute Gasteiger partial charge is 0.352 e. The minimum atomic E-state index is -0.731. The van der Waals surface area contributed by atoms with Gasteiger partial charge in [0.2, 0.25) is 5.69 Å². The van der Waals surface area contributed by atoms with Crippen molar-refractivity contribution in [3.63, 3.8) is 0 Å². The third-order valence-corrected chi connectivity index (χ3v) is 5.60. The van der Waals surface area contributed by atoms with E-state index in [9.17, 15) is 14.4 Å². The monoisotopic (exact) mass is 450 g/mol. The maximum atomic E-state index is 13.3. The van der Waals surface area contributed by atoms with E-state index in [2.05, 4.69) is 10.4 Å². The van der Waals surface area contributed by atoms with E-state index in [0.717, 1.165) is 33.2 Å². The fourth-order valence-corrected chi connectivity index (χ4v) is 3.44. The zero-order valence-electron chi connectivity index (χ0n) is 18.8. The quantitative estimate of drug-likeness (QED) is 0.562. The summed E-state index contributed by atoms with van der Waals surface area (Å²) in [7, 11) is 2.99. The zero-order chi connectivity index (χ0) is 23.5. The van der Waals surface area contributed by atoms with Gasteiger partial charge in [-0.15, -0.1) is 0 Å². The third kappa shape index (κ3) is 4.82. The molecule has 2 aromatic carbocycles. The van der Waals surface area contributed by atoms with Crippen LogP contribution in [-0.2, 0) is 6.54 Å². The van der Waals surface area contributed by atoms with E-state index >= 15 is 0 Å². The number of aromatic nitrogens is 3. The van der Waals surface area contributed by atoms with Crippen LogP contribution in [0.25, 0.3) is 5.69 Å². The molecule has 33 heavy (non-hydrogen) atoms. The summed E-state index contributed by atoms with van der Waals surface area (Å²) >= 11 is 0. The number of ether oxygens (including phenoxy) is 2. The van der Waals surface area contributed by atoms with Crippen molar-refractivity contribution < 1.29 is 14.3 Å². The van der Waals surface area contributed by atoms with Crippen molar-refractivity contribution in [2.24, 2.45) is 5.92 Å². The average Bonchev–Trinajstić information content (AvgIpc) is 3.66. The van der Waals surface area contributed by atoms with Gasteiger partial charge in [0.05, 0.1) is 26.5 Å². The number of aryl methyl sites for hydroxylation is 1. The fraction of sp³-hybridized carbons (Fsp3) is 0.333. The molecule has 0 saturated heterocycles. The number of methoxy groups -OCH3 is 2. The number of carbonyl (C=O) groups excluding carboxylic acids is 1. The molecule has 3 aromatic rings. The number of amides is 1. The molecule has 1 N–H and O–H groups in total. The molecule has 0 bridgehead atoms. The van der Waals surface area contributed by atoms with E-state index < -0.39 is 17.2 Å². The summed E-state index contributed by atoms with van der Waals surface area (Å²) in [6.07, 6.45) is 2.10. The first-order valence-electron chi connectivity index (χ1n) is 10.7. The largest absolute Gasteiger partial charge is 0.493 e. The van der Waals surface area contributed by atoms with Crippen LogP contribution in [0.1, 0.15) is 34.5 Å². The first-order chi connectivity index (χ1) is 15.9. The zero-order valence-corrected chi connectivity index (χ0v) is 18.8. The molecule has 1 fully saturated rings. The highest BCUT2D eigenvalue weighted by Crippen LogP contribution is 2.28. The van der Waals surface area contributed by atoms with E-state index in [1.165, 1.54) is 14.2 Å². The van der Waals surface area contributed by atoms with Gasteiger partial charge in [0.25, 0.3) is 11.5 Å². The number of nitrogens with zero attached hydrogens (tertiary/aromatic N) is 3. The Kier molecular flexibility index (Phi) is 6.30. The first-order valence-corrected chi connectivity index (χ1v) is 10.7. The Labute approximate surface area is 190 Å². The maximum Gasteiger partial charge on any atom is 0.352 e. The Bertz CT molecular complexity index is 1290. The van der Waals surface area contributed by atoms with Crippen molar-refractivity contribution in [1.82, 2.24) is 19.7 Å². The van der Waals surface area contributed by atoms with Crippen LogP contribution in [0.4, 0.5) is 0 Å². The molecule has 172 valence electrons. The van der Waals surface area contributed by atoms with Crippen LogP contribution in [-0.4, -0.2) is 41.0 Å². The third-order valence-electron chi connectivity index (χ3n) is 5.60. The van der Waals surface area contributed by atoms with E-state index in [1.54, 1.807) is 18.2 Å². The number of hydrogen-bond donors (Lipinski definition) is 1. The number of rotatable bonds is 8. The normalized spacial score (nSPS) is 12.9. The van der Waals surface area contributed by atoms with Gasteiger partial charge in [0.15, 0.2) is 11.5 Å².